The molecule has 1 amide bonds. The number of hydrogen-bond donors (Lipinski definition) is 0. The Morgan fingerprint density at radius 1 is 1.12 bits per heavy atom. The molecule has 2 saturated heterocycles. The summed E-state index contributed by atoms with van der Waals surface area (Å²) in [6.07, 6.45) is 1.51. The SMILES string of the molecule is O=C(CCCc1ccc2c(c1)OCCO2)N1CCOC2CS(=O)(=O)CC21. The predicted octanol–water partition coefficient (Wildman–Crippen LogP) is 0.805. The summed E-state index contributed by atoms with van der Waals surface area (Å²) < 4.78 is 40.3. The van der Waals surface area contributed by atoms with Crippen LogP contribution in [0.3, 0.4) is 0 Å². The van der Waals surface area contributed by atoms with E-state index in [9.17, 15) is 13.2 Å². The van der Waals surface area contributed by atoms with Crippen LogP contribution >= 0.6 is 0 Å². The van der Waals surface area contributed by atoms with E-state index < -0.39 is 9.84 Å². The van der Waals surface area contributed by atoms with E-state index in [2.05, 4.69) is 0 Å². The Bertz CT molecular complexity index is 793. The molecule has 0 saturated carbocycles. The monoisotopic (exact) mass is 381 g/mol. The lowest BCUT2D eigenvalue weighted by Crippen LogP contribution is -2.53. The molecule has 2 fully saturated rings. The number of ether oxygens (including phenoxy) is 3. The van der Waals surface area contributed by atoms with Gasteiger partial charge in [-0.1, -0.05) is 6.07 Å². The van der Waals surface area contributed by atoms with Crippen molar-refractivity contribution in [2.24, 2.45) is 0 Å². The number of amides is 1. The van der Waals surface area contributed by atoms with Gasteiger partial charge in [0.15, 0.2) is 21.3 Å². The Labute approximate surface area is 153 Å². The molecule has 0 spiro atoms. The summed E-state index contributed by atoms with van der Waals surface area (Å²) in [6.45, 7) is 2.00. The van der Waals surface area contributed by atoms with Gasteiger partial charge in [-0.2, -0.15) is 0 Å². The van der Waals surface area contributed by atoms with Gasteiger partial charge < -0.3 is 19.1 Å². The smallest absolute Gasteiger partial charge is 0.223 e. The van der Waals surface area contributed by atoms with E-state index >= 15 is 0 Å². The van der Waals surface area contributed by atoms with Gasteiger partial charge in [-0.25, -0.2) is 8.42 Å². The number of nitrogens with zero attached hydrogens (tertiary/aromatic N) is 1. The van der Waals surface area contributed by atoms with Crippen molar-refractivity contribution in [2.45, 2.75) is 31.4 Å². The minimum Gasteiger partial charge on any atom is -0.486 e. The fourth-order valence-corrected chi connectivity index (χ4v) is 5.73. The molecule has 0 N–H and O–H groups in total. The normalized spacial score (nSPS) is 26.4. The van der Waals surface area contributed by atoms with Gasteiger partial charge >= 0.3 is 0 Å². The fourth-order valence-electron chi connectivity index (χ4n) is 3.86. The van der Waals surface area contributed by atoms with E-state index in [1.165, 1.54) is 0 Å². The number of rotatable bonds is 4. The highest BCUT2D eigenvalue weighted by Gasteiger charge is 2.45. The molecule has 3 aliphatic heterocycles. The lowest BCUT2D eigenvalue weighted by Gasteiger charge is -2.36. The van der Waals surface area contributed by atoms with Crippen molar-refractivity contribution in [1.29, 1.82) is 0 Å². The van der Waals surface area contributed by atoms with E-state index in [4.69, 9.17) is 14.2 Å². The van der Waals surface area contributed by atoms with E-state index in [0.29, 0.717) is 39.2 Å². The first-order valence-electron chi connectivity index (χ1n) is 9.02. The van der Waals surface area contributed by atoms with Crippen molar-refractivity contribution in [2.75, 3.05) is 37.9 Å². The Morgan fingerprint density at radius 2 is 1.92 bits per heavy atom. The van der Waals surface area contributed by atoms with Gasteiger partial charge in [-0.05, 0) is 30.5 Å². The molecule has 142 valence electrons. The van der Waals surface area contributed by atoms with Crippen molar-refractivity contribution < 1.29 is 27.4 Å². The standard InChI is InChI=1S/C18H23NO6S/c20-18(19-6-7-23-17-12-26(21,22)11-14(17)19)3-1-2-13-4-5-15-16(10-13)25-9-8-24-15/h4-5,10,14,17H,1-3,6-9,11-12H2. The number of morpholine rings is 1. The number of aryl methyl sites for hydroxylation is 1. The summed E-state index contributed by atoms with van der Waals surface area (Å²) in [5.74, 6) is 1.58. The van der Waals surface area contributed by atoms with Crippen LogP contribution in [0, 0.1) is 0 Å². The molecule has 0 aliphatic carbocycles. The van der Waals surface area contributed by atoms with Crippen molar-refractivity contribution >= 4 is 15.7 Å². The molecule has 7 nitrogen and oxygen atoms in total. The molecule has 0 bridgehead atoms. The van der Waals surface area contributed by atoms with E-state index in [-0.39, 0.29) is 29.6 Å². The number of fused-ring (bicyclic) bond motifs is 2. The highest BCUT2D eigenvalue weighted by Crippen LogP contribution is 2.31. The lowest BCUT2D eigenvalue weighted by molar-refractivity contribution is -0.142. The molecule has 1 aromatic carbocycles. The van der Waals surface area contributed by atoms with Crippen LogP contribution in [0.4, 0.5) is 0 Å². The number of benzene rings is 1. The predicted molar refractivity (Wildman–Crippen MR) is 94.3 cm³/mol. The highest BCUT2D eigenvalue weighted by molar-refractivity contribution is 7.91. The van der Waals surface area contributed by atoms with Gasteiger partial charge in [-0.3, -0.25) is 4.79 Å². The third kappa shape index (κ3) is 3.66. The maximum absolute atomic E-state index is 12.6. The second-order valence-electron chi connectivity index (χ2n) is 6.97. The van der Waals surface area contributed by atoms with E-state index in [1.54, 1.807) is 4.90 Å². The van der Waals surface area contributed by atoms with Crippen LogP contribution < -0.4 is 9.47 Å². The number of hydrogen-bond acceptors (Lipinski definition) is 6. The zero-order valence-corrected chi connectivity index (χ0v) is 15.4. The molecule has 3 heterocycles. The van der Waals surface area contributed by atoms with Crippen LogP contribution in [0.2, 0.25) is 0 Å². The van der Waals surface area contributed by atoms with Crippen LogP contribution in [0.15, 0.2) is 18.2 Å². The maximum Gasteiger partial charge on any atom is 0.223 e. The van der Waals surface area contributed by atoms with Crippen molar-refractivity contribution in [3.8, 4) is 11.5 Å². The second-order valence-corrected chi connectivity index (χ2v) is 9.13. The molecule has 0 radical (unpaired) electrons. The summed E-state index contributed by atoms with van der Waals surface area (Å²) in [6, 6.07) is 5.54. The third-order valence-electron chi connectivity index (χ3n) is 5.12. The average molecular weight is 381 g/mol. The van der Waals surface area contributed by atoms with E-state index in [1.807, 2.05) is 18.2 Å². The lowest BCUT2D eigenvalue weighted by atomic mass is 10.1. The molecule has 0 aromatic heterocycles. The second kappa shape index (κ2) is 7.08. The quantitative estimate of drug-likeness (QED) is 0.768. The summed E-state index contributed by atoms with van der Waals surface area (Å²) in [5.41, 5.74) is 1.10. The highest BCUT2D eigenvalue weighted by atomic mass is 32.2. The number of sulfone groups is 1. The van der Waals surface area contributed by atoms with Crippen LogP contribution in [0.25, 0.3) is 0 Å². The Balaban J connectivity index is 1.32. The van der Waals surface area contributed by atoms with Crippen LogP contribution in [0.5, 0.6) is 11.5 Å². The molecule has 8 heteroatoms. The van der Waals surface area contributed by atoms with Gasteiger partial charge in [0.05, 0.1) is 30.3 Å². The zero-order chi connectivity index (χ0) is 18.1. The largest absolute Gasteiger partial charge is 0.486 e. The van der Waals surface area contributed by atoms with Crippen LogP contribution in [-0.2, 0) is 25.8 Å². The van der Waals surface area contributed by atoms with E-state index in [0.717, 1.165) is 23.5 Å². The van der Waals surface area contributed by atoms with Gasteiger partial charge in [0.1, 0.15) is 13.2 Å². The first kappa shape index (κ1) is 17.6. The van der Waals surface area contributed by atoms with Crippen LogP contribution in [0.1, 0.15) is 18.4 Å². The molecule has 1 aromatic rings. The van der Waals surface area contributed by atoms with Gasteiger partial charge in [0, 0.05) is 13.0 Å². The average Bonchev–Trinajstić information content (AvgIpc) is 2.95. The minimum atomic E-state index is -3.11. The summed E-state index contributed by atoms with van der Waals surface area (Å²) in [5, 5.41) is 0. The molecule has 2 atom stereocenters. The van der Waals surface area contributed by atoms with Gasteiger partial charge in [-0.15, -0.1) is 0 Å². The van der Waals surface area contributed by atoms with Crippen molar-refractivity contribution in [1.82, 2.24) is 4.90 Å². The number of carbonyl (C=O) groups excluding carboxylic acids is 1. The molecule has 26 heavy (non-hydrogen) atoms. The van der Waals surface area contributed by atoms with Crippen molar-refractivity contribution in [3.05, 3.63) is 23.8 Å². The fraction of sp³-hybridized carbons (Fsp3) is 0.611. The molecular weight excluding hydrogens is 358 g/mol. The summed E-state index contributed by atoms with van der Waals surface area (Å²) in [4.78, 5) is 14.3. The first-order valence-corrected chi connectivity index (χ1v) is 10.8. The topological polar surface area (TPSA) is 82.1 Å². The maximum atomic E-state index is 12.6. The van der Waals surface area contributed by atoms with Crippen molar-refractivity contribution in [3.63, 3.8) is 0 Å². The Morgan fingerprint density at radius 3 is 2.77 bits per heavy atom. The van der Waals surface area contributed by atoms with Gasteiger partial charge in [0.2, 0.25) is 5.91 Å². The summed E-state index contributed by atoms with van der Waals surface area (Å²) >= 11 is 0. The van der Waals surface area contributed by atoms with Gasteiger partial charge in [0.25, 0.3) is 0 Å². The minimum absolute atomic E-state index is 0.0120. The molecule has 4 rings (SSSR count). The number of carbonyl (C=O) groups is 1. The molecule has 3 aliphatic rings. The zero-order valence-electron chi connectivity index (χ0n) is 14.6. The Hall–Kier alpha value is -1.80. The Kier molecular flexibility index (Phi) is 4.79. The molecular formula is C18H23NO6S. The third-order valence-corrected chi connectivity index (χ3v) is 6.81. The molecule has 2 unspecified atom stereocenters. The first-order chi connectivity index (χ1) is 12.5. The van der Waals surface area contributed by atoms with Crippen LogP contribution in [-0.4, -0.2) is 69.2 Å². The summed E-state index contributed by atoms with van der Waals surface area (Å²) in [7, 11) is -3.11.